The molecule has 2 heterocycles. The van der Waals surface area contributed by atoms with E-state index in [9.17, 15) is 18.0 Å². The summed E-state index contributed by atoms with van der Waals surface area (Å²) in [7, 11) is -3.13. The summed E-state index contributed by atoms with van der Waals surface area (Å²) in [4.78, 5) is 25.9. The minimum Gasteiger partial charge on any atom is -0.339 e. The van der Waals surface area contributed by atoms with Crippen LogP contribution in [0, 0.1) is 17.2 Å². The van der Waals surface area contributed by atoms with Crippen molar-refractivity contribution >= 4 is 44.5 Å². The molecule has 0 N–H and O–H groups in total. The maximum absolute atomic E-state index is 12.2. The fraction of sp³-hybridized carbons (Fsp3) is 0.417. The summed E-state index contributed by atoms with van der Waals surface area (Å²) in [6.45, 7) is 0.0235. The maximum Gasteiger partial charge on any atom is 0.248 e. The fourth-order valence-electron chi connectivity index (χ4n) is 1.93. The standard InChI is InChI=1S/C12H11ClN2O4S2/c13-10-2-1-9(20-10)11(16)8(7-14)12(17)15-3-5-21(18,19)6-4-15/h1-2,8H,3-6H2. The molecular formula is C12H11ClN2O4S2. The van der Waals surface area contributed by atoms with Crippen LogP contribution >= 0.6 is 22.9 Å². The summed E-state index contributed by atoms with van der Waals surface area (Å²) in [5.41, 5.74) is 0. The van der Waals surface area contributed by atoms with Crippen LogP contribution in [0.15, 0.2) is 12.1 Å². The first-order valence-electron chi connectivity index (χ1n) is 6.02. The van der Waals surface area contributed by atoms with E-state index in [-0.39, 0.29) is 29.5 Å². The number of hydrogen-bond donors (Lipinski definition) is 0. The van der Waals surface area contributed by atoms with E-state index in [2.05, 4.69) is 0 Å². The highest BCUT2D eigenvalue weighted by Gasteiger charge is 2.34. The second kappa shape index (κ2) is 6.13. The van der Waals surface area contributed by atoms with Crippen LogP contribution in [0.4, 0.5) is 0 Å². The van der Waals surface area contributed by atoms with Gasteiger partial charge in [0.25, 0.3) is 0 Å². The van der Waals surface area contributed by atoms with Gasteiger partial charge in [-0.2, -0.15) is 5.26 Å². The third-order valence-corrected chi connectivity index (χ3v) is 5.97. The Kier molecular flexibility index (Phi) is 4.66. The first kappa shape index (κ1) is 15.9. The zero-order valence-corrected chi connectivity index (χ0v) is 13.2. The molecule has 6 nitrogen and oxygen atoms in total. The van der Waals surface area contributed by atoms with Crippen molar-refractivity contribution in [3.8, 4) is 6.07 Å². The monoisotopic (exact) mass is 346 g/mol. The van der Waals surface area contributed by atoms with E-state index in [1.807, 2.05) is 0 Å². The van der Waals surface area contributed by atoms with Crippen molar-refractivity contribution in [2.45, 2.75) is 0 Å². The highest BCUT2D eigenvalue weighted by atomic mass is 35.5. The number of hydrogen-bond acceptors (Lipinski definition) is 6. The van der Waals surface area contributed by atoms with Gasteiger partial charge in [0.15, 0.2) is 21.5 Å². The predicted octanol–water partition coefficient (Wildman–Crippen LogP) is 0.981. The van der Waals surface area contributed by atoms with Crippen LogP contribution in [0.25, 0.3) is 0 Å². The zero-order valence-electron chi connectivity index (χ0n) is 10.8. The second-order valence-corrected chi connectivity index (χ2v) is 8.53. The number of Topliss-reactive ketones (excluding diaryl/α,β-unsaturated/α-hetero) is 1. The summed E-state index contributed by atoms with van der Waals surface area (Å²) in [5.74, 6) is -3.00. The predicted molar refractivity (Wildman–Crippen MR) is 78.0 cm³/mol. The zero-order chi connectivity index (χ0) is 15.6. The van der Waals surface area contributed by atoms with Crippen molar-refractivity contribution in [3.63, 3.8) is 0 Å². The highest BCUT2D eigenvalue weighted by molar-refractivity contribution is 7.91. The summed E-state index contributed by atoms with van der Waals surface area (Å²) < 4.78 is 23.1. The molecule has 2 rings (SSSR count). The van der Waals surface area contributed by atoms with Crippen LogP contribution < -0.4 is 0 Å². The van der Waals surface area contributed by atoms with Crippen molar-refractivity contribution in [2.24, 2.45) is 5.92 Å². The Bertz CT molecular complexity index is 706. The van der Waals surface area contributed by atoms with E-state index >= 15 is 0 Å². The Labute approximate surface area is 130 Å². The first-order valence-corrected chi connectivity index (χ1v) is 9.04. The first-order chi connectivity index (χ1) is 9.84. The average Bonchev–Trinajstić information content (AvgIpc) is 2.86. The summed E-state index contributed by atoms with van der Waals surface area (Å²) in [6, 6.07) is 4.69. The molecule has 1 atom stereocenters. The van der Waals surface area contributed by atoms with Gasteiger partial charge in [-0.3, -0.25) is 9.59 Å². The van der Waals surface area contributed by atoms with Gasteiger partial charge in [-0.15, -0.1) is 11.3 Å². The van der Waals surface area contributed by atoms with Gasteiger partial charge >= 0.3 is 0 Å². The van der Waals surface area contributed by atoms with Gasteiger partial charge in [0.1, 0.15) is 0 Å². The molecule has 0 saturated carbocycles. The van der Waals surface area contributed by atoms with Crippen molar-refractivity contribution in [2.75, 3.05) is 24.6 Å². The molecule has 1 saturated heterocycles. The topological polar surface area (TPSA) is 95.3 Å². The summed E-state index contributed by atoms with van der Waals surface area (Å²) in [6.07, 6.45) is 0. The van der Waals surface area contributed by atoms with Crippen LogP contribution in [0.5, 0.6) is 0 Å². The molecule has 0 spiro atoms. The number of amides is 1. The van der Waals surface area contributed by atoms with E-state index in [0.717, 1.165) is 11.3 Å². The largest absolute Gasteiger partial charge is 0.339 e. The maximum atomic E-state index is 12.2. The van der Waals surface area contributed by atoms with Gasteiger partial charge in [-0.25, -0.2) is 8.42 Å². The number of nitrogens with zero attached hydrogens (tertiary/aromatic N) is 2. The lowest BCUT2D eigenvalue weighted by molar-refractivity contribution is -0.132. The molecule has 1 aromatic rings. The van der Waals surface area contributed by atoms with Crippen LogP contribution in [-0.2, 0) is 14.6 Å². The number of carbonyl (C=O) groups excluding carboxylic acids is 2. The van der Waals surface area contributed by atoms with Crippen LogP contribution in [0.1, 0.15) is 9.67 Å². The Morgan fingerprint density at radius 2 is 1.95 bits per heavy atom. The summed E-state index contributed by atoms with van der Waals surface area (Å²) in [5, 5.41) is 9.10. The Balaban J connectivity index is 2.13. The quantitative estimate of drug-likeness (QED) is 0.600. The third-order valence-electron chi connectivity index (χ3n) is 3.11. The minimum atomic E-state index is -3.13. The lowest BCUT2D eigenvalue weighted by Gasteiger charge is -2.27. The Hall–Kier alpha value is -1.43. The second-order valence-electron chi connectivity index (χ2n) is 4.51. The van der Waals surface area contributed by atoms with Crippen LogP contribution in [0.2, 0.25) is 4.34 Å². The van der Waals surface area contributed by atoms with Gasteiger partial charge in [-0.1, -0.05) is 11.6 Å². The lowest BCUT2D eigenvalue weighted by atomic mass is 10.0. The molecule has 1 unspecified atom stereocenters. The number of rotatable bonds is 3. The van der Waals surface area contributed by atoms with E-state index in [1.165, 1.54) is 17.0 Å². The SMILES string of the molecule is N#CC(C(=O)c1ccc(Cl)s1)C(=O)N1CCS(=O)(=O)CC1. The molecule has 112 valence electrons. The van der Waals surface area contributed by atoms with Gasteiger partial charge in [0.05, 0.1) is 26.8 Å². The van der Waals surface area contributed by atoms with Gasteiger partial charge in [-0.05, 0) is 12.1 Å². The third kappa shape index (κ3) is 3.61. The molecule has 9 heteroatoms. The number of thiophene rings is 1. The molecule has 1 amide bonds. The summed E-state index contributed by atoms with van der Waals surface area (Å²) >= 11 is 6.73. The van der Waals surface area contributed by atoms with Crippen molar-refractivity contribution in [1.82, 2.24) is 4.90 Å². The van der Waals surface area contributed by atoms with E-state index in [1.54, 1.807) is 6.07 Å². The van der Waals surface area contributed by atoms with Crippen molar-refractivity contribution in [1.29, 1.82) is 5.26 Å². The molecular weight excluding hydrogens is 336 g/mol. The lowest BCUT2D eigenvalue weighted by Crippen LogP contribution is -2.47. The molecule has 0 aromatic carbocycles. The van der Waals surface area contributed by atoms with Gasteiger partial charge in [0.2, 0.25) is 5.91 Å². The molecule has 1 fully saturated rings. The molecule has 1 aliphatic heterocycles. The van der Waals surface area contributed by atoms with E-state index in [4.69, 9.17) is 16.9 Å². The molecule has 21 heavy (non-hydrogen) atoms. The number of nitriles is 1. The number of ketones is 1. The molecule has 0 bridgehead atoms. The Morgan fingerprint density at radius 3 is 2.43 bits per heavy atom. The number of halogens is 1. The fourth-order valence-corrected chi connectivity index (χ4v) is 4.14. The minimum absolute atomic E-state index is 0.0117. The van der Waals surface area contributed by atoms with Crippen molar-refractivity contribution in [3.05, 3.63) is 21.3 Å². The molecule has 0 aliphatic carbocycles. The molecule has 1 aromatic heterocycles. The average molecular weight is 347 g/mol. The van der Waals surface area contributed by atoms with Crippen molar-refractivity contribution < 1.29 is 18.0 Å². The van der Waals surface area contributed by atoms with Crippen LogP contribution in [-0.4, -0.2) is 49.6 Å². The van der Waals surface area contributed by atoms with Crippen LogP contribution in [0.3, 0.4) is 0 Å². The highest BCUT2D eigenvalue weighted by Crippen LogP contribution is 2.24. The van der Waals surface area contributed by atoms with Gasteiger partial charge in [0, 0.05) is 13.1 Å². The smallest absolute Gasteiger partial charge is 0.248 e. The van der Waals surface area contributed by atoms with Gasteiger partial charge < -0.3 is 4.90 Å². The van der Waals surface area contributed by atoms with E-state index < -0.39 is 27.4 Å². The van der Waals surface area contributed by atoms with E-state index in [0.29, 0.717) is 4.34 Å². The number of sulfone groups is 1. The Morgan fingerprint density at radius 1 is 1.33 bits per heavy atom. The normalized spacial score (nSPS) is 18.8. The number of carbonyl (C=O) groups is 2. The molecule has 1 aliphatic rings. The molecule has 0 radical (unpaired) electrons.